The number of ether oxygens (including phenoxy) is 2. The number of benzene rings is 1. The molecule has 0 bridgehead atoms. The van der Waals surface area contributed by atoms with Crippen molar-refractivity contribution >= 4 is 12.2 Å². The molecule has 6 nitrogen and oxygen atoms in total. The smallest absolute Gasteiger partial charge is 0.410 e. The van der Waals surface area contributed by atoms with Gasteiger partial charge in [0, 0.05) is 6.54 Å². The summed E-state index contributed by atoms with van der Waals surface area (Å²) in [5.74, 6) is 0. The molecule has 1 atom stereocenters. The molecule has 6 heteroatoms. The standard InChI is InChI=1S/C19H26N2O4/c1-14-11-21(17(23)24-12-15-9-7-6-8-10-15)13-19(14,5)20-16(22)25-18(2,3)4/h6-10H,1,11-13H2,2-5H3,(H,20,22)/t19-/m0/s1. The highest BCUT2D eigenvalue weighted by Gasteiger charge is 2.42. The Morgan fingerprint density at radius 1 is 1.28 bits per heavy atom. The second-order valence-corrected chi connectivity index (χ2v) is 7.46. The number of nitrogens with one attached hydrogen (secondary N) is 1. The minimum Gasteiger partial charge on any atom is -0.445 e. The molecule has 0 radical (unpaired) electrons. The van der Waals surface area contributed by atoms with E-state index in [-0.39, 0.29) is 6.61 Å². The summed E-state index contributed by atoms with van der Waals surface area (Å²) in [6, 6.07) is 9.48. The fourth-order valence-corrected chi connectivity index (χ4v) is 2.55. The first-order chi connectivity index (χ1) is 11.6. The van der Waals surface area contributed by atoms with Crippen LogP contribution in [-0.2, 0) is 16.1 Å². The van der Waals surface area contributed by atoms with Crippen LogP contribution in [0.15, 0.2) is 42.5 Å². The van der Waals surface area contributed by atoms with Gasteiger partial charge in [-0.1, -0.05) is 36.9 Å². The van der Waals surface area contributed by atoms with E-state index in [1.54, 1.807) is 20.8 Å². The van der Waals surface area contributed by atoms with Gasteiger partial charge in [0.15, 0.2) is 0 Å². The third-order valence-electron chi connectivity index (χ3n) is 3.91. The number of carbonyl (C=O) groups excluding carboxylic acids is 2. The molecule has 0 aliphatic carbocycles. The van der Waals surface area contributed by atoms with Gasteiger partial charge in [-0.3, -0.25) is 0 Å². The highest BCUT2D eigenvalue weighted by molar-refractivity contribution is 5.72. The summed E-state index contributed by atoms with van der Waals surface area (Å²) < 4.78 is 10.6. The number of nitrogens with zero attached hydrogens (tertiary/aromatic N) is 1. The number of rotatable bonds is 3. The molecule has 2 amide bonds. The highest BCUT2D eigenvalue weighted by atomic mass is 16.6. The van der Waals surface area contributed by atoms with Gasteiger partial charge in [0.2, 0.25) is 0 Å². The maximum absolute atomic E-state index is 12.3. The van der Waals surface area contributed by atoms with Crippen LogP contribution in [0.1, 0.15) is 33.3 Å². The van der Waals surface area contributed by atoms with E-state index in [9.17, 15) is 9.59 Å². The lowest BCUT2D eigenvalue weighted by Crippen LogP contribution is -2.50. The van der Waals surface area contributed by atoms with Crippen LogP contribution < -0.4 is 5.32 Å². The SMILES string of the molecule is C=C1CN(C(=O)OCc2ccccc2)C[C@]1(C)NC(=O)OC(C)(C)C. The third-order valence-corrected chi connectivity index (χ3v) is 3.91. The Morgan fingerprint density at radius 3 is 2.52 bits per heavy atom. The Balaban J connectivity index is 1.91. The van der Waals surface area contributed by atoms with Gasteiger partial charge in [-0.15, -0.1) is 0 Å². The van der Waals surface area contributed by atoms with Crippen LogP contribution >= 0.6 is 0 Å². The van der Waals surface area contributed by atoms with Crippen molar-refractivity contribution in [3.63, 3.8) is 0 Å². The van der Waals surface area contributed by atoms with Crippen LogP contribution in [-0.4, -0.2) is 41.3 Å². The average molecular weight is 346 g/mol. The first kappa shape index (κ1) is 18.8. The van der Waals surface area contributed by atoms with Gasteiger partial charge in [0.25, 0.3) is 0 Å². The van der Waals surface area contributed by atoms with E-state index < -0.39 is 23.3 Å². The molecule has 0 aromatic heterocycles. The number of alkyl carbamates (subject to hydrolysis) is 1. The van der Waals surface area contributed by atoms with Crippen molar-refractivity contribution in [2.45, 2.75) is 45.4 Å². The van der Waals surface area contributed by atoms with Crippen LogP contribution in [0.3, 0.4) is 0 Å². The van der Waals surface area contributed by atoms with Crippen LogP contribution in [0.4, 0.5) is 9.59 Å². The van der Waals surface area contributed by atoms with E-state index in [2.05, 4.69) is 11.9 Å². The Kier molecular flexibility index (Phi) is 5.40. The Hall–Kier alpha value is -2.50. The molecule has 1 N–H and O–H groups in total. The fraction of sp³-hybridized carbons (Fsp3) is 0.474. The normalized spacial score (nSPS) is 20.3. The quantitative estimate of drug-likeness (QED) is 0.851. The largest absolute Gasteiger partial charge is 0.445 e. The molecule has 2 rings (SSSR count). The number of carbonyl (C=O) groups is 2. The lowest BCUT2D eigenvalue weighted by atomic mass is 9.97. The molecule has 136 valence electrons. The molecule has 1 heterocycles. The minimum atomic E-state index is -0.742. The lowest BCUT2D eigenvalue weighted by Gasteiger charge is -2.29. The van der Waals surface area contributed by atoms with Crippen molar-refractivity contribution in [2.75, 3.05) is 13.1 Å². The Morgan fingerprint density at radius 2 is 1.92 bits per heavy atom. The summed E-state index contributed by atoms with van der Waals surface area (Å²) in [5, 5.41) is 2.81. The maximum Gasteiger partial charge on any atom is 0.410 e. The predicted octanol–water partition coefficient (Wildman–Crippen LogP) is 3.48. The van der Waals surface area contributed by atoms with E-state index in [0.717, 1.165) is 11.1 Å². The van der Waals surface area contributed by atoms with E-state index in [1.165, 1.54) is 4.90 Å². The van der Waals surface area contributed by atoms with Crippen molar-refractivity contribution in [1.29, 1.82) is 0 Å². The number of hydrogen-bond donors (Lipinski definition) is 1. The van der Waals surface area contributed by atoms with Crippen molar-refractivity contribution in [1.82, 2.24) is 10.2 Å². The summed E-state index contributed by atoms with van der Waals surface area (Å²) in [5.41, 5.74) is 0.321. The Labute approximate surface area is 148 Å². The summed E-state index contributed by atoms with van der Waals surface area (Å²) in [4.78, 5) is 25.9. The summed E-state index contributed by atoms with van der Waals surface area (Å²) >= 11 is 0. The van der Waals surface area contributed by atoms with Gasteiger partial charge < -0.3 is 19.7 Å². The first-order valence-corrected chi connectivity index (χ1v) is 8.24. The van der Waals surface area contributed by atoms with Gasteiger partial charge in [-0.25, -0.2) is 9.59 Å². The van der Waals surface area contributed by atoms with Crippen LogP contribution in [0.2, 0.25) is 0 Å². The second-order valence-electron chi connectivity index (χ2n) is 7.46. The maximum atomic E-state index is 12.3. The van der Waals surface area contributed by atoms with Gasteiger partial charge in [0.05, 0.1) is 12.1 Å². The van der Waals surface area contributed by atoms with Gasteiger partial charge in [-0.2, -0.15) is 0 Å². The summed E-state index contributed by atoms with van der Waals surface area (Å²) in [7, 11) is 0. The van der Waals surface area contributed by atoms with E-state index in [0.29, 0.717) is 13.1 Å². The molecule has 1 aliphatic heterocycles. The Bertz CT molecular complexity index is 651. The van der Waals surface area contributed by atoms with Gasteiger partial charge in [-0.05, 0) is 38.8 Å². The van der Waals surface area contributed by atoms with Gasteiger partial charge in [0.1, 0.15) is 12.2 Å². The lowest BCUT2D eigenvalue weighted by molar-refractivity contribution is 0.0473. The van der Waals surface area contributed by atoms with Crippen LogP contribution in [0.5, 0.6) is 0 Å². The molecule has 1 aliphatic rings. The molecular weight excluding hydrogens is 320 g/mol. The zero-order chi connectivity index (χ0) is 18.7. The van der Waals surface area contributed by atoms with Gasteiger partial charge >= 0.3 is 12.2 Å². The molecule has 0 spiro atoms. The topological polar surface area (TPSA) is 67.9 Å². The van der Waals surface area contributed by atoms with Crippen molar-refractivity contribution in [2.24, 2.45) is 0 Å². The summed E-state index contributed by atoms with van der Waals surface area (Å²) in [6.45, 7) is 12.0. The predicted molar refractivity (Wildman–Crippen MR) is 95.1 cm³/mol. The van der Waals surface area contributed by atoms with Crippen molar-refractivity contribution in [3.05, 3.63) is 48.0 Å². The molecule has 1 aromatic rings. The first-order valence-electron chi connectivity index (χ1n) is 8.24. The second kappa shape index (κ2) is 7.17. The molecule has 1 aromatic carbocycles. The van der Waals surface area contributed by atoms with Crippen LogP contribution in [0, 0.1) is 0 Å². The molecule has 25 heavy (non-hydrogen) atoms. The molecule has 1 fully saturated rings. The fourth-order valence-electron chi connectivity index (χ4n) is 2.55. The molecule has 1 saturated heterocycles. The van der Waals surface area contributed by atoms with Crippen molar-refractivity contribution in [3.8, 4) is 0 Å². The van der Waals surface area contributed by atoms with E-state index in [1.807, 2.05) is 37.3 Å². The number of hydrogen-bond acceptors (Lipinski definition) is 4. The zero-order valence-corrected chi connectivity index (χ0v) is 15.3. The minimum absolute atomic E-state index is 0.207. The van der Waals surface area contributed by atoms with E-state index >= 15 is 0 Å². The molecule has 0 unspecified atom stereocenters. The summed E-state index contributed by atoms with van der Waals surface area (Å²) in [6.07, 6.45) is -0.963. The highest BCUT2D eigenvalue weighted by Crippen LogP contribution is 2.26. The zero-order valence-electron chi connectivity index (χ0n) is 15.3. The average Bonchev–Trinajstić information content (AvgIpc) is 2.79. The third kappa shape index (κ3) is 5.24. The van der Waals surface area contributed by atoms with E-state index in [4.69, 9.17) is 9.47 Å². The molecule has 0 saturated carbocycles. The number of likely N-dealkylation sites (tertiary alicyclic amines) is 1. The number of amides is 2. The monoisotopic (exact) mass is 346 g/mol. The van der Waals surface area contributed by atoms with Crippen LogP contribution in [0.25, 0.3) is 0 Å². The van der Waals surface area contributed by atoms with Crippen molar-refractivity contribution < 1.29 is 19.1 Å². The molecular formula is C19H26N2O4.